The first-order valence-corrected chi connectivity index (χ1v) is 6.76. The quantitative estimate of drug-likeness (QED) is 0.903. The van der Waals surface area contributed by atoms with Gasteiger partial charge in [-0.15, -0.1) is 11.3 Å². The summed E-state index contributed by atoms with van der Waals surface area (Å²) in [6, 6.07) is -0.0618. The average molecular weight is 262 g/mol. The van der Waals surface area contributed by atoms with Gasteiger partial charge in [-0.3, -0.25) is 9.97 Å². The lowest BCUT2D eigenvalue weighted by atomic mass is 9.88. The van der Waals surface area contributed by atoms with Crippen molar-refractivity contribution >= 4 is 11.3 Å². The zero-order valence-electron chi connectivity index (χ0n) is 11.1. The lowest BCUT2D eigenvalue weighted by molar-refractivity contribution is 0.326. The van der Waals surface area contributed by atoms with Crippen LogP contribution in [0.1, 0.15) is 37.5 Å². The van der Waals surface area contributed by atoms with Crippen molar-refractivity contribution in [2.45, 2.75) is 33.7 Å². The number of rotatable bonds is 2. The highest BCUT2D eigenvalue weighted by Crippen LogP contribution is 2.33. The summed E-state index contributed by atoms with van der Waals surface area (Å²) in [6.07, 6.45) is 3.37. The maximum Gasteiger partial charge on any atom is 0.111 e. The van der Waals surface area contributed by atoms with Crippen LogP contribution in [-0.4, -0.2) is 15.0 Å². The molecule has 2 rings (SSSR count). The van der Waals surface area contributed by atoms with Crippen LogP contribution in [0.25, 0.3) is 11.4 Å². The van der Waals surface area contributed by atoms with Crippen LogP contribution in [0.4, 0.5) is 0 Å². The van der Waals surface area contributed by atoms with E-state index in [9.17, 15) is 0 Å². The fourth-order valence-electron chi connectivity index (χ4n) is 1.57. The van der Waals surface area contributed by atoms with Crippen LogP contribution in [0.15, 0.2) is 17.8 Å². The lowest BCUT2D eigenvalue weighted by Gasteiger charge is -2.24. The minimum Gasteiger partial charge on any atom is -0.322 e. The Morgan fingerprint density at radius 2 is 1.89 bits per heavy atom. The van der Waals surface area contributed by atoms with Gasteiger partial charge in [0, 0.05) is 17.8 Å². The molecular weight excluding hydrogens is 244 g/mol. The Hall–Kier alpha value is -1.33. The van der Waals surface area contributed by atoms with Crippen molar-refractivity contribution < 1.29 is 0 Å². The molecule has 2 aromatic heterocycles. The van der Waals surface area contributed by atoms with Crippen LogP contribution in [0.2, 0.25) is 0 Å². The van der Waals surface area contributed by atoms with Crippen molar-refractivity contribution in [3.8, 4) is 11.4 Å². The summed E-state index contributed by atoms with van der Waals surface area (Å²) in [5.41, 5.74) is 8.80. The van der Waals surface area contributed by atoms with E-state index in [4.69, 9.17) is 5.73 Å². The smallest absolute Gasteiger partial charge is 0.111 e. The summed E-state index contributed by atoms with van der Waals surface area (Å²) in [5.74, 6) is 0. The number of aryl methyl sites for hydroxylation is 1. The van der Waals surface area contributed by atoms with Gasteiger partial charge in [0.05, 0.1) is 11.7 Å². The molecule has 0 fully saturated rings. The molecule has 4 nitrogen and oxygen atoms in total. The van der Waals surface area contributed by atoms with Gasteiger partial charge in [0.25, 0.3) is 0 Å². The summed E-state index contributed by atoms with van der Waals surface area (Å²) in [5, 5.41) is 2.94. The van der Waals surface area contributed by atoms with Gasteiger partial charge in [-0.25, -0.2) is 4.98 Å². The van der Waals surface area contributed by atoms with Crippen molar-refractivity contribution in [3.05, 3.63) is 28.5 Å². The maximum absolute atomic E-state index is 6.21. The number of thiazole rings is 1. The highest BCUT2D eigenvalue weighted by atomic mass is 32.1. The second-order valence-corrected chi connectivity index (χ2v) is 6.29. The molecule has 1 unspecified atom stereocenters. The second kappa shape index (κ2) is 4.74. The standard InChI is InChI=1S/C13H18N4S/c1-8-10(16-6-5-15-8)9-7-18-12(17-9)11(14)13(2,3)4/h5-7,11H,14H2,1-4H3. The largest absolute Gasteiger partial charge is 0.322 e. The molecule has 0 amide bonds. The van der Waals surface area contributed by atoms with Gasteiger partial charge in [0.15, 0.2) is 0 Å². The van der Waals surface area contributed by atoms with Crippen molar-refractivity contribution in [1.29, 1.82) is 0 Å². The summed E-state index contributed by atoms with van der Waals surface area (Å²) in [6.45, 7) is 8.29. The normalized spacial score (nSPS) is 13.6. The summed E-state index contributed by atoms with van der Waals surface area (Å²) >= 11 is 1.58. The summed E-state index contributed by atoms with van der Waals surface area (Å²) < 4.78 is 0. The molecule has 0 radical (unpaired) electrons. The number of nitrogens with zero attached hydrogens (tertiary/aromatic N) is 3. The third-order valence-corrected chi connectivity index (χ3v) is 3.77. The van der Waals surface area contributed by atoms with Gasteiger partial charge >= 0.3 is 0 Å². The number of nitrogens with two attached hydrogens (primary N) is 1. The van der Waals surface area contributed by atoms with Crippen molar-refractivity contribution in [3.63, 3.8) is 0 Å². The Balaban J connectivity index is 2.35. The first-order valence-electron chi connectivity index (χ1n) is 5.88. The number of hydrogen-bond donors (Lipinski definition) is 1. The lowest BCUT2D eigenvalue weighted by Crippen LogP contribution is -2.26. The van der Waals surface area contributed by atoms with E-state index in [0.717, 1.165) is 22.1 Å². The Morgan fingerprint density at radius 1 is 1.22 bits per heavy atom. The monoisotopic (exact) mass is 262 g/mol. The Labute approximate surface area is 111 Å². The van der Waals surface area contributed by atoms with Crippen LogP contribution < -0.4 is 5.73 Å². The minimum absolute atomic E-state index is 0.00648. The van der Waals surface area contributed by atoms with Gasteiger partial charge in [-0.1, -0.05) is 20.8 Å². The third kappa shape index (κ3) is 2.57. The van der Waals surface area contributed by atoms with Crippen LogP contribution in [-0.2, 0) is 0 Å². The molecule has 0 saturated heterocycles. The summed E-state index contributed by atoms with van der Waals surface area (Å²) in [7, 11) is 0. The van der Waals surface area contributed by atoms with Gasteiger partial charge < -0.3 is 5.73 Å². The Kier molecular flexibility index (Phi) is 3.45. The first-order chi connectivity index (χ1) is 8.39. The topological polar surface area (TPSA) is 64.7 Å². The average Bonchev–Trinajstić information content (AvgIpc) is 2.76. The Bertz CT molecular complexity index is 542. The molecule has 0 spiro atoms. The third-order valence-electron chi connectivity index (χ3n) is 2.84. The zero-order valence-corrected chi connectivity index (χ0v) is 12.0. The predicted octanol–water partition coefficient (Wildman–Crippen LogP) is 2.95. The van der Waals surface area contributed by atoms with E-state index in [0.29, 0.717) is 0 Å². The van der Waals surface area contributed by atoms with Gasteiger partial charge in [0.2, 0.25) is 0 Å². The SMILES string of the molecule is Cc1nccnc1-c1csc(C(N)C(C)(C)C)n1. The van der Waals surface area contributed by atoms with Crippen LogP contribution in [0, 0.1) is 12.3 Å². The van der Waals surface area contributed by atoms with E-state index < -0.39 is 0 Å². The molecule has 2 heterocycles. The predicted molar refractivity (Wildman–Crippen MR) is 74.3 cm³/mol. The van der Waals surface area contributed by atoms with Gasteiger partial charge in [0.1, 0.15) is 16.4 Å². The van der Waals surface area contributed by atoms with Crippen molar-refractivity contribution in [2.24, 2.45) is 11.1 Å². The number of hydrogen-bond acceptors (Lipinski definition) is 5. The molecule has 0 bridgehead atoms. The molecule has 0 aliphatic heterocycles. The fourth-order valence-corrected chi connectivity index (χ4v) is 2.62. The second-order valence-electron chi connectivity index (χ2n) is 5.41. The van der Waals surface area contributed by atoms with Crippen LogP contribution in [0.5, 0.6) is 0 Å². The van der Waals surface area contributed by atoms with E-state index >= 15 is 0 Å². The molecule has 18 heavy (non-hydrogen) atoms. The number of aromatic nitrogens is 3. The van der Waals surface area contributed by atoms with E-state index in [-0.39, 0.29) is 11.5 Å². The maximum atomic E-state index is 6.21. The van der Waals surface area contributed by atoms with Gasteiger partial charge in [-0.2, -0.15) is 0 Å². The molecule has 1 atom stereocenters. The molecule has 2 N–H and O–H groups in total. The highest BCUT2D eigenvalue weighted by molar-refractivity contribution is 7.10. The van der Waals surface area contributed by atoms with E-state index in [1.807, 2.05) is 12.3 Å². The van der Waals surface area contributed by atoms with Crippen LogP contribution >= 0.6 is 11.3 Å². The van der Waals surface area contributed by atoms with Crippen molar-refractivity contribution in [1.82, 2.24) is 15.0 Å². The molecule has 96 valence electrons. The molecule has 0 aromatic carbocycles. The fraction of sp³-hybridized carbons (Fsp3) is 0.462. The van der Waals surface area contributed by atoms with Crippen LogP contribution in [0.3, 0.4) is 0 Å². The zero-order chi connectivity index (χ0) is 13.3. The van der Waals surface area contributed by atoms with E-state index in [1.165, 1.54) is 0 Å². The molecule has 0 saturated carbocycles. The van der Waals surface area contributed by atoms with E-state index in [1.54, 1.807) is 23.7 Å². The molecular formula is C13H18N4S. The van der Waals surface area contributed by atoms with E-state index in [2.05, 4.69) is 35.7 Å². The summed E-state index contributed by atoms with van der Waals surface area (Å²) in [4.78, 5) is 13.2. The first kappa shape index (κ1) is 13.1. The Morgan fingerprint density at radius 3 is 2.50 bits per heavy atom. The minimum atomic E-state index is -0.0618. The van der Waals surface area contributed by atoms with Gasteiger partial charge in [-0.05, 0) is 12.3 Å². The molecule has 0 aliphatic rings. The molecule has 5 heteroatoms. The highest BCUT2D eigenvalue weighted by Gasteiger charge is 2.25. The van der Waals surface area contributed by atoms with Crippen molar-refractivity contribution in [2.75, 3.05) is 0 Å². The molecule has 2 aromatic rings. The molecule has 0 aliphatic carbocycles.